The molecule has 0 bridgehead atoms. The molecule has 1 aromatic heterocycles. The number of nitrogens with zero attached hydrogens (tertiary/aromatic N) is 2. The monoisotopic (exact) mass is 191 g/mol. The molecule has 1 aromatic rings. The summed E-state index contributed by atoms with van der Waals surface area (Å²) in [4.78, 5) is 8.98. The third-order valence-corrected chi connectivity index (χ3v) is 2.52. The van der Waals surface area contributed by atoms with E-state index in [-0.39, 0.29) is 0 Å². The minimum Gasteiger partial charge on any atom is -0.330 e. The van der Waals surface area contributed by atoms with E-state index in [1.165, 1.54) is 18.5 Å². The topological polar surface area (TPSA) is 51.8 Å². The van der Waals surface area contributed by atoms with E-state index in [1.807, 2.05) is 6.92 Å². The van der Waals surface area contributed by atoms with Crippen LogP contribution in [0.5, 0.6) is 0 Å². The largest absolute Gasteiger partial charge is 0.330 e. The van der Waals surface area contributed by atoms with Gasteiger partial charge >= 0.3 is 0 Å². The lowest BCUT2D eigenvalue weighted by Crippen LogP contribution is -2.05. The van der Waals surface area contributed by atoms with Crippen LogP contribution in [0, 0.1) is 6.92 Å². The van der Waals surface area contributed by atoms with Crippen molar-refractivity contribution in [2.45, 2.75) is 38.5 Å². The second-order valence-electron chi connectivity index (χ2n) is 4.02. The van der Waals surface area contributed by atoms with Crippen molar-refractivity contribution >= 4 is 0 Å². The van der Waals surface area contributed by atoms with Crippen LogP contribution in [0.1, 0.15) is 42.4 Å². The predicted molar refractivity (Wildman–Crippen MR) is 56.1 cm³/mol. The molecule has 1 heterocycles. The Morgan fingerprint density at radius 1 is 1.43 bits per heavy atom. The molecule has 0 atom stereocenters. The molecule has 0 aliphatic heterocycles. The van der Waals surface area contributed by atoms with Gasteiger partial charge in [-0.1, -0.05) is 0 Å². The van der Waals surface area contributed by atoms with Crippen molar-refractivity contribution in [3.05, 3.63) is 23.3 Å². The van der Waals surface area contributed by atoms with Gasteiger partial charge < -0.3 is 5.73 Å². The van der Waals surface area contributed by atoms with Crippen LogP contribution in [-0.4, -0.2) is 16.5 Å². The molecule has 0 radical (unpaired) electrons. The Morgan fingerprint density at radius 2 is 2.21 bits per heavy atom. The number of aromatic nitrogens is 2. The Balaban J connectivity index is 2.13. The van der Waals surface area contributed by atoms with Crippen LogP contribution in [0.15, 0.2) is 6.07 Å². The first kappa shape index (κ1) is 9.59. The van der Waals surface area contributed by atoms with Gasteiger partial charge in [-0.25, -0.2) is 9.97 Å². The van der Waals surface area contributed by atoms with Gasteiger partial charge in [0.25, 0.3) is 0 Å². The number of rotatable bonds is 4. The zero-order valence-corrected chi connectivity index (χ0v) is 8.66. The zero-order chi connectivity index (χ0) is 9.97. The van der Waals surface area contributed by atoms with E-state index in [4.69, 9.17) is 5.73 Å². The number of hydrogen-bond acceptors (Lipinski definition) is 3. The molecular formula is C11H17N3. The van der Waals surface area contributed by atoms with E-state index in [0.29, 0.717) is 5.92 Å². The summed E-state index contributed by atoms with van der Waals surface area (Å²) in [6.07, 6.45) is 4.49. The number of aryl methyl sites for hydroxylation is 2. The summed E-state index contributed by atoms with van der Waals surface area (Å²) < 4.78 is 0. The Morgan fingerprint density at radius 3 is 2.86 bits per heavy atom. The molecule has 76 valence electrons. The molecule has 1 saturated carbocycles. The maximum atomic E-state index is 5.47. The molecule has 2 rings (SSSR count). The van der Waals surface area contributed by atoms with Gasteiger partial charge in [0.2, 0.25) is 0 Å². The standard InChI is InChI=1S/C11H17N3/c1-8-7-10(9-4-5-9)14-11(13-8)3-2-6-12/h7,9H,2-6,12H2,1H3. The normalized spacial score (nSPS) is 15.9. The molecule has 0 saturated heterocycles. The van der Waals surface area contributed by atoms with Crippen molar-refractivity contribution < 1.29 is 0 Å². The van der Waals surface area contributed by atoms with Crippen LogP contribution in [0.4, 0.5) is 0 Å². The SMILES string of the molecule is Cc1cc(C2CC2)nc(CCCN)n1. The molecule has 0 amide bonds. The highest BCUT2D eigenvalue weighted by atomic mass is 14.9. The van der Waals surface area contributed by atoms with Crippen molar-refractivity contribution in [3.8, 4) is 0 Å². The fourth-order valence-electron chi connectivity index (χ4n) is 1.62. The van der Waals surface area contributed by atoms with Crippen LogP contribution in [-0.2, 0) is 6.42 Å². The average molecular weight is 191 g/mol. The molecule has 2 N–H and O–H groups in total. The smallest absolute Gasteiger partial charge is 0.128 e. The lowest BCUT2D eigenvalue weighted by Gasteiger charge is -2.04. The first-order valence-electron chi connectivity index (χ1n) is 5.34. The molecule has 1 fully saturated rings. The summed E-state index contributed by atoms with van der Waals surface area (Å²) in [5.41, 5.74) is 7.80. The fraction of sp³-hybridized carbons (Fsp3) is 0.636. The van der Waals surface area contributed by atoms with E-state index in [2.05, 4.69) is 16.0 Å². The van der Waals surface area contributed by atoms with Crippen molar-refractivity contribution in [1.29, 1.82) is 0 Å². The molecule has 14 heavy (non-hydrogen) atoms. The highest BCUT2D eigenvalue weighted by Crippen LogP contribution is 2.39. The summed E-state index contributed by atoms with van der Waals surface area (Å²) in [7, 11) is 0. The second-order valence-corrected chi connectivity index (χ2v) is 4.02. The van der Waals surface area contributed by atoms with Crippen LogP contribution >= 0.6 is 0 Å². The summed E-state index contributed by atoms with van der Waals surface area (Å²) in [6, 6.07) is 2.11. The molecule has 0 aromatic carbocycles. The maximum Gasteiger partial charge on any atom is 0.128 e. The maximum absolute atomic E-state index is 5.47. The fourth-order valence-corrected chi connectivity index (χ4v) is 1.62. The Bertz CT molecular complexity index is 318. The van der Waals surface area contributed by atoms with Gasteiger partial charge in [-0.2, -0.15) is 0 Å². The second kappa shape index (κ2) is 4.05. The Labute approximate surface area is 84.8 Å². The van der Waals surface area contributed by atoms with Gasteiger partial charge in [-0.05, 0) is 38.8 Å². The van der Waals surface area contributed by atoms with Crippen LogP contribution in [0.3, 0.4) is 0 Å². The average Bonchev–Trinajstić information content (AvgIpc) is 2.97. The minimum atomic E-state index is 0.716. The van der Waals surface area contributed by atoms with Gasteiger partial charge in [0, 0.05) is 23.7 Å². The lowest BCUT2D eigenvalue weighted by atomic mass is 10.2. The first-order chi connectivity index (χ1) is 6.79. The quantitative estimate of drug-likeness (QED) is 0.785. The lowest BCUT2D eigenvalue weighted by molar-refractivity contribution is 0.762. The van der Waals surface area contributed by atoms with Gasteiger partial charge in [-0.15, -0.1) is 0 Å². The van der Waals surface area contributed by atoms with E-state index in [9.17, 15) is 0 Å². The van der Waals surface area contributed by atoms with E-state index in [1.54, 1.807) is 0 Å². The Hall–Kier alpha value is -0.960. The van der Waals surface area contributed by atoms with Gasteiger partial charge in [0.05, 0.1) is 0 Å². The Kier molecular flexibility index (Phi) is 2.77. The molecule has 3 heteroatoms. The van der Waals surface area contributed by atoms with Crippen molar-refractivity contribution in [1.82, 2.24) is 9.97 Å². The molecular weight excluding hydrogens is 174 g/mol. The summed E-state index contributed by atoms with van der Waals surface area (Å²) in [5, 5.41) is 0. The van der Waals surface area contributed by atoms with Gasteiger partial charge in [0.15, 0.2) is 0 Å². The summed E-state index contributed by atoms with van der Waals surface area (Å²) in [6.45, 7) is 2.76. The molecule has 3 nitrogen and oxygen atoms in total. The van der Waals surface area contributed by atoms with Crippen molar-refractivity contribution in [3.63, 3.8) is 0 Å². The minimum absolute atomic E-state index is 0.716. The zero-order valence-electron chi connectivity index (χ0n) is 8.66. The first-order valence-corrected chi connectivity index (χ1v) is 5.34. The summed E-state index contributed by atoms with van der Waals surface area (Å²) in [5.74, 6) is 1.69. The highest BCUT2D eigenvalue weighted by molar-refractivity contribution is 5.18. The van der Waals surface area contributed by atoms with Gasteiger partial charge in [-0.3, -0.25) is 0 Å². The van der Waals surface area contributed by atoms with E-state index >= 15 is 0 Å². The van der Waals surface area contributed by atoms with E-state index in [0.717, 1.165) is 30.9 Å². The molecule has 1 aliphatic carbocycles. The third-order valence-electron chi connectivity index (χ3n) is 2.52. The molecule has 1 aliphatic rings. The van der Waals surface area contributed by atoms with Crippen LogP contribution in [0.2, 0.25) is 0 Å². The van der Waals surface area contributed by atoms with E-state index < -0.39 is 0 Å². The highest BCUT2D eigenvalue weighted by Gasteiger charge is 2.25. The molecule has 0 spiro atoms. The molecule has 0 unspecified atom stereocenters. The van der Waals surface area contributed by atoms with Gasteiger partial charge in [0.1, 0.15) is 5.82 Å². The summed E-state index contributed by atoms with van der Waals surface area (Å²) >= 11 is 0. The van der Waals surface area contributed by atoms with Crippen molar-refractivity contribution in [2.75, 3.05) is 6.54 Å². The number of hydrogen-bond donors (Lipinski definition) is 1. The number of nitrogens with two attached hydrogens (primary N) is 1. The predicted octanol–water partition coefficient (Wildman–Crippen LogP) is 1.55. The van der Waals surface area contributed by atoms with Crippen LogP contribution < -0.4 is 5.73 Å². The third kappa shape index (κ3) is 2.29. The van der Waals surface area contributed by atoms with Crippen LogP contribution in [0.25, 0.3) is 0 Å². The van der Waals surface area contributed by atoms with Crippen molar-refractivity contribution in [2.24, 2.45) is 5.73 Å².